The van der Waals surface area contributed by atoms with E-state index in [1.807, 2.05) is 24.0 Å². The number of aryl methyl sites for hydroxylation is 1. The highest BCUT2D eigenvalue weighted by atomic mass is 16.5. The van der Waals surface area contributed by atoms with E-state index < -0.39 is 0 Å². The topological polar surface area (TPSA) is 68.2 Å². The Hall–Kier alpha value is -1.40. The summed E-state index contributed by atoms with van der Waals surface area (Å²) in [6.45, 7) is 2.62. The van der Waals surface area contributed by atoms with E-state index in [9.17, 15) is 4.79 Å². The first-order valence-electron chi connectivity index (χ1n) is 6.31. The number of nitrogens with one attached hydrogen (secondary N) is 2. The standard InChI is InChI=1S/C12H20N4O2/c1-13-11-9-18-8-10(11)12(17)14-4-2-6-16-7-3-5-15-16/h3,5,7,10-11,13H,2,4,6,8-9H2,1H3,(H,14,17). The molecule has 0 bridgehead atoms. The van der Waals surface area contributed by atoms with Crippen LogP contribution in [-0.2, 0) is 16.1 Å². The number of aromatic nitrogens is 2. The lowest BCUT2D eigenvalue weighted by molar-refractivity contribution is -0.125. The Morgan fingerprint density at radius 3 is 3.17 bits per heavy atom. The van der Waals surface area contributed by atoms with Crippen LogP contribution in [0.3, 0.4) is 0 Å². The number of carbonyl (C=O) groups excluding carboxylic acids is 1. The van der Waals surface area contributed by atoms with E-state index in [4.69, 9.17) is 4.74 Å². The minimum absolute atomic E-state index is 0.0697. The van der Waals surface area contributed by atoms with Gasteiger partial charge in [-0.3, -0.25) is 9.48 Å². The molecule has 1 aliphatic heterocycles. The normalized spacial score (nSPS) is 23.2. The van der Waals surface area contributed by atoms with Gasteiger partial charge in [0.15, 0.2) is 0 Å². The molecule has 6 heteroatoms. The SMILES string of the molecule is CNC1COCC1C(=O)NCCCn1cccn1. The van der Waals surface area contributed by atoms with Crippen LogP contribution in [0.15, 0.2) is 18.5 Å². The summed E-state index contributed by atoms with van der Waals surface area (Å²) in [5, 5.41) is 10.2. The average Bonchev–Trinajstić information content (AvgIpc) is 3.04. The Bertz CT molecular complexity index is 366. The van der Waals surface area contributed by atoms with Gasteiger partial charge in [0.05, 0.1) is 19.1 Å². The molecule has 0 aromatic carbocycles. The number of carbonyl (C=O) groups is 1. The molecule has 2 N–H and O–H groups in total. The number of likely N-dealkylation sites (N-methyl/N-ethyl adjacent to an activating group) is 1. The molecule has 100 valence electrons. The van der Waals surface area contributed by atoms with Gasteiger partial charge < -0.3 is 15.4 Å². The molecule has 2 atom stereocenters. The van der Waals surface area contributed by atoms with Crippen molar-refractivity contribution in [3.05, 3.63) is 18.5 Å². The Balaban J connectivity index is 1.65. The largest absolute Gasteiger partial charge is 0.379 e. The smallest absolute Gasteiger partial charge is 0.227 e. The van der Waals surface area contributed by atoms with Crippen molar-refractivity contribution in [3.63, 3.8) is 0 Å². The van der Waals surface area contributed by atoms with Gasteiger partial charge in [0.2, 0.25) is 5.91 Å². The monoisotopic (exact) mass is 252 g/mol. The number of ether oxygens (including phenoxy) is 1. The highest BCUT2D eigenvalue weighted by Gasteiger charge is 2.32. The zero-order valence-corrected chi connectivity index (χ0v) is 10.6. The summed E-state index contributed by atoms with van der Waals surface area (Å²) in [6.07, 6.45) is 4.56. The lowest BCUT2D eigenvalue weighted by Gasteiger charge is -2.16. The molecule has 0 radical (unpaired) electrons. The van der Waals surface area contributed by atoms with Gasteiger partial charge in [0.25, 0.3) is 0 Å². The minimum atomic E-state index is -0.0697. The Morgan fingerprint density at radius 2 is 2.44 bits per heavy atom. The van der Waals surface area contributed by atoms with Gasteiger partial charge in [-0.05, 0) is 19.5 Å². The fraction of sp³-hybridized carbons (Fsp3) is 0.667. The van der Waals surface area contributed by atoms with Crippen molar-refractivity contribution >= 4 is 5.91 Å². The van der Waals surface area contributed by atoms with Crippen molar-refractivity contribution in [2.24, 2.45) is 5.92 Å². The molecule has 1 amide bonds. The van der Waals surface area contributed by atoms with Crippen LogP contribution in [0, 0.1) is 5.92 Å². The van der Waals surface area contributed by atoms with Gasteiger partial charge in [0, 0.05) is 31.5 Å². The number of hydrogen-bond donors (Lipinski definition) is 2. The van der Waals surface area contributed by atoms with Gasteiger partial charge in [-0.1, -0.05) is 0 Å². The summed E-state index contributed by atoms with van der Waals surface area (Å²) >= 11 is 0. The van der Waals surface area contributed by atoms with E-state index in [2.05, 4.69) is 15.7 Å². The van der Waals surface area contributed by atoms with Gasteiger partial charge in [-0.25, -0.2) is 0 Å². The van der Waals surface area contributed by atoms with Crippen LogP contribution in [0.4, 0.5) is 0 Å². The molecule has 2 rings (SSSR count). The van der Waals surface area contributed by atoms with Crippen molar-refractivity contribution in [2.75, 3.05) is 26.8 Å². The second-order valence-corrected chi connectivity index (χ2v) is 4.45. The molecule has 0 spiro atoms. The van der Waals surface area contributed by atoms with Crippen LogP contribution in [0.1, 0.15) is 6.42 Å². The lowest BCUT2D eigenvalue weighted by atomic mass is 10.0. The van der Waals surface area contributed by atoms with E-state index in [1.54, 1.807) is 6.20 Å². The maximum atomic E-state index is 11.9. The first-order chi connectivity index (χ1) is 8.81. The molecule has 1 saturated heterocycles. The van der Waals surface area contributed by atoms with Crippen LogP contribution in [0.5, 0.6) is 0 Å². The van der Waals surface area contributed by atoms with Crippen molar-refractivity contribution in [2.45, 2.75) is 19.0 Å². The third-order valence-electron chi connectivity index (χ3n) is 3.21. The van der Waals surface area contributed by atoms with Crippen LogP contribution in [-0.4, -0.2) is 48.5 Å². The van der Waals surface area contributed by atoms with E-state index in [0.717, 1.165) is 13.0 Å². The second-order valence-electron chi connectivity index (χ2n) is 4.45. The highest BCUT2D eigenvalue weighted by Crippen LogP contribution is 2.13. The minimum Gasteiger partial charge on any atom is -0.379 e. The van der Waals surface area contributed by atoms with Gasteiger partial charge >= 0.3 is 0 Å². The Kier molecular flexibility index (Phi) is 4.72. The Labute approximate surface area is 107 Å². The molecule has 6 nitrogen and oxygen atoms in total. The summed E-state index contributed by atoms with van der Waals surface area (Å²) in [4.78, 5) is 11.9. The molecular weight excluding hydrogens is 232 g/mol. The summed E-state index contributed by atoms with van der Waals surface area (Å²) < 4.78 is 7.17. The van der Waals surface area contributed by atoms with Crippen molar-refractivity contribution in [1.82, 2.24) is 20.4 Å². The number of hydrogen-bond acceptors (Lipinski definition) is 4. The Morgan fingerprint density at radius 1 is 1.56 bits per heavy atom. The molecule has 1 aliphatic rings. The average molecular weight is 252 g/mol. The molecular formula is C12H20N4O2. The summed E-state index contributed by atoms with van der Waals surface area (Å²) in [5.74, 6) is 0.00650. The van der Waals surface area contributed by atoms with Gasteiger partial charge in [0.1, 0.15) is 0 Å². The van der Waals surface area contributed by atoms with Gasteiger partial charge in [-0.2, -0.15) is 5.10 Å². The summed E-state index contributed by atoms with van der Waals surface area (Å²) in [7, 11) is 1.86. The summed E-state index contributed by atoms with van der Waals surface area (Å²) in [5.41, 5.74) is 0. The molecule has 18 heavy (non-hydrogen) atoms. The third-order valence-corrected chi connectivity index (χ3v) is 3.21. The van der Waals surface area contributed by atoms with E-state index in [-0.39, 0.29) is 17.9 Å². The van der Waals surface area contributed by atoms with E-state index in [0.29, 0.717) is 19.8 Å². The molecule has 1 aromatic rings. The highest BCUT2D eigenvalue weighted by molar-refractivity contribution is 5.79. The van der Waals surface area contributed by atoms with Crippen LogP contribution in [0.25, 0.3) is 0 Å². The molecule has 2 heterocycles. The number of rotatable bonds is 6. The van der Waals surface area contributed by atoms with Gasteiger partial charge in [-0.15, -0.1) is 0 Å². The van der Waals surface area contributed by atoms with Crippen molar-refractivity contribution in [3.8, 4) is 0 Å². The van der Waals surface area contributed by atoms with E-state index >= 15 is 0 Å². The zero-order valence-electron chi connectivity index (χ0n) is 10.6. The van der Waals surface area contributed by atoms with Crippen LogP contribution in [0.2, 0.25) is 0 Å². The number of nitrogens with zero attached hydrogens (tertiary/aromatic N) is 2. The van der Waals surface area contributed by atoms with Crippen LogP contribution < -0.4 is 10.6 Å². The predicted octanol–water partition coefficient (Wildman–Crippen LogP) is -0.376. The van der Waals surface area contributed by atoms with Crippen molar-refractivity contribution in [1.29, 1.82) is 0 Å². The fourth-order valence-corrected chi connectivity index (χ4v) is 2.11. The fourth-order valence-electron chi connectivity index (χ4n) is 2.11. The first-order valence-corrected chi connectivity index (χ1v) is 6.31. The molecule has 1 fully saturated rings. The van der Waals surface area contributed by atoms with Crippen LogP contribution >= 0.6 is 0 Å². The first kappa shape index (κ1) is 13.0. The lowest BCUT2D eigenvalue weighted by Crippen LogP contribution is -2.42. The maximum absolute atomic E-state index is 11.9. The number of amides is 1. The van der Waals surface area contributed by atoms with E-state index in [1.165, 1.54) is 0 Å². The third kappa shape index (κ3) is 3.30. The predicted molar refractivity (Wildman–Crippen MR) is 67.0 cm³/mol. The molecule has 0 saturated carbocycles. The quantitative estimate of drug-likeness (QED) is 0.678. The molecule has 1 aromatic heterocycles. The molecule has 0 aliphatic carbocycles. The van der Waals surface area contributed by atoms with Crippen molar-refractivity contribution < 1.29 is 9.53 Å². The summed E-state index contributed by atoms with van der Waals surface area (Å²) in [6, 6.07) is 2.03. The maximum Gasteiger partial charge on any atom is 0.227 e. The zero-order chi connectivity index (χ0) is 12.8. The molecule has 2 unspecified atom stereocenters. The second kappa shape index (κ2) is 6.51.